The van der Waals surface area contributed by atoms with E-state index in [0.29, 0.717) is 6.54 Å². The molecule has 1 aliphatic heterocycles. The van der Waals surface area contributed by atoms with Gasteiger partial charge in [0.1, 0.15) is 23.9 Å². The maximum atomic E-state index is 13.7. The highest BCUT2D eigenvalue weighted by Gasteiger charge is 2.40. The minimum absolute atomic E-state index is 0.120. The van der Waals surface area contributed by atoms with Gasteiger partial charge in [-0.05, 0) is 76.5 Å². The van der Waals surface area contributed by atoms with Gasteiger partial charge in [0.2, 0.25) is 17.7 Å². The zero-order valence-electron chi connectivity index (χ0n) is 25.3. The second-order valence-electron chi connectivity index (χ2n) is 12.0. The van der Waals surface area contributed by atoms with Crippen molar-refractivity contribution in [1.82, 2.24) is 20.9 Å². The molecule has 41 heavy (non-hydrogen) atoms. The van der Waals surface area contributed by atoms with Crippen LogP contribution in [-0.2, 0) is 20.8 Å². The van der Waals surface area contributed by atoms with Crippen molar-refractivity contribution in [3.05, 3.63) is 65.2 Å². The third-order valence-corrected chi connectivity index (χ3v) is 8.51. The summed E-state index contributed by atoms with van der Waals surface area (Å²) in [6, 6.07) is 13.9. The van der Waals surface area contributed by atoms with Crippen LogP contribution in [0.2, 0.25) is 0 Å². The molecule has 1 fully saturated rings. The van der Waals surface area contributed by atoms with Crippen LogP contribution in [0.4, 0.5) is 0 Å². The standard InChI is InChI=1S/C33H46N4O4/c1-20-11-14-25(15-12-20)23(4)29-32(39)35-21(2)13-16-26-9-7-8-10-28(26)41-22(3)19-34-30(27-17-18-27)33(40)37(6)24(5)31(38)36-29/h7-12,14-15,21-24,27,29-30,34H,13,16-19H2,1-6H3,(H,35,39)(H,36,38)/t21-,22+,23?,24+,29+,30-/m0/s1. The SMILES string of the molecule is Cc1ccc(C(C)[C@H]2NC(=O)[C@@H](C)N(C)C(=O)[C@H](C3CC3)NC[C@@H](C)Oc3ccccc3CC[C@H](C)NC2=O)cc1. The zero-order chi connectivity index (χ0) is 29.7. The molecule has 0 radical (unpaired) electrons. The van der Waals surface area contributed by atoms with Gasteiger partial charge in [-0.3, -0.25) is 14.4 Å². The Hall–Kier alpha value is -3.39. The van der Waals surface area contributed by atoms with E-state index < -0.39 is 12.1 Å². The number of hydrogen-bond donors (Lipinski definition) is 3. The predicted octanol–water partition coefficient (Wildman–Crippen LogP) is 3.72. The van der Waals surface area contributed by atoms with E-state index >= 15 is 0 Å². The van der Waals surface area contributed by atoms with Crippen molar-refractivity contribution in [1.29, 1.82) is 0 Å². The Balaban J connectivity index is 1.63. The molecule has 8 heteroatoms. The quantitative estimate of drug-likeness (QED) is 0.530. The molecule has 0 saturated heterocycles. The topological polar surface area (TPSA) is 99.8 Å². The Kier molecular flexibility index (Phi) is 10.1. The number of hydrogen-bond acceptors (Lipinski definition) is 5. The number of likely N-dealkylation sites (N-methyl/N-ethyl adjacent to an activating group) is 1. The van der Waals surface area contributed by atoms with E-state index in [-0.39, 0.29) is 47.7 Å². The van der Waals surface area contributed by atoms with Crippen molar-refractivity contribution in [3.63, 3.8) is 0 Å². The molecule has 0 aromatic heterocycles. The number of aryl methyl sites for hydroxylation is 2. The lowest BCUT2D eigenvalue weighted by molar-refractivity contribution is -0.141. The minimum atomic E-state index is -0.800. The highest BCUT2D eigenvalue weighted by Crippen LogP contribution is 2.34. The number of para-hydroxylation sites is 1. The molecule has 1 heterocycles. The van der Waals surface area contributed by atoms with Gasteiger partial charge >= 0.3 is 0 Å². The van der Waals surface area contributed by atoms with Crippen molar-refractivity contribution in [2.75, 3.05) is 13.6 Å². The molecule has 6 atom stereocenters. The summed E-state index contributed by atoms with van der Waals surface area (Å²) in [5.74, 6) is 0.0735. The van der Waals surface area contributed by atoms with Gasteiger partial charge in [0.05, 0.1) is 6.04 Å². The molecule has 0 spiro atoms. The third kappa shape index (κ3) is 7.88. The van der Waals surface area contributed by atoms with Crippen LogP contribution in [0.15, 0.2) is 48.5 Å². The maximum Gasteiger partial charge on any atom is 0.243 e. The van der Waals surface area contributed by atoms with E-state index in [1.165, 1.54) is 4.90 Å². The third-order valence-electron chi connectivity index (χ3n) is 8.51. The highest BCUT2D eigenvalue weighted by atomic mass is 16.5. The average molecular weight is 563 g/mol. The zero-order valence-corrected chi connectivity index (χ0v) is 25.3. The largest absolute Gasteiger partial charge is 0.489 e. The molecule has 3 N–H and O–H groups in total. The lowest BCUT2D eigenvalue weighted by Gasteiger charge is -2.32. The summed E-state index contributed by atoms with van der Waals surface area (Å²) in [6.45, 7) is 10.2. The fraction of sp³-hybridized carbons (Fsp3) is 0.545. The van der Waals surface area contributed by atoms with Gasteiger partial charge in [-0.2, -0.15) is 0 Å². The Morgan fingerprint density at radius 1 is 0.902 bits per heavy atom. The second-order valence-corrected chi connectivity index (χ2v) is 12.0. The van der Waals surface area contributed by atoms with Gasteiger partial charge < -0.3 is 25.6 Å². The maximum absolute atomic E-state index is 13.7. The first-order valence-corrected chi connectivity index (χ1v) is 15.0. The number of fused-ring (bicyclic) bond motifs is 1. The van der Waals surface area contributed by atoms with Gasteiger partial charge in [-0.25, -0.2) is 0 Å². The van der Waals surface area contributed by atoms with E-state index in [1.54, 1.807) is 14.0 Å². The summed E-state index contributed by atoms with van der Waals surface area (Å²) < 4.78 is 6.31. The number of amides is 3. The van der Waals surface area contributed by atoms with Gasteiger partial charge in [0.15, 0.2) is 0 Å². The Bertz CT molecular complexity index is 1210. The molecular weight excluding hydrogens is 516 g/mol. The van der Waals surface area contributed by atoms with Crippen LogP contribution < -0.4 is 20.7 Å². The van der Waals surface area contributed by atoms with E-state index in [1.807, 2.05) is 70.2 Å². The van der Waals surface area contributed by atoms with Crippen LogP contribution in [0.3, 0.4) is 0 Å². The van der Waals surface area contributed by atoms with Crippen molar-refractivity contribution in [3.8, 4) is 5.75 Å². The molecule has 1 unspecified atom stereocenters. The van der Waals surface area contributed by atoms with Crippen molar-refractivity contribution < 1.29 is 19.1 Å². The summed E-state index contributed by atoms with van der Waals surface area (Å²) in [7, 11) is 1.67. The molecule has 8 nitrogen and oxygen atoms in total. The average Bonchev–Trinajstić information content (AvgIpc) is 3.79. The van der Waals surface area contributed by atoms with Gasteiger partial charge in [0, 0.05) is 25.6 Å². The van der Waals surface area contributed by atoms with Crippen LogP contribution >= 0.6 is 0 Å². The monoisotopic (exact) mass is 562 g/mol. The summed E-state index contributed by atoms with van der Waals surface area (Å²) >= 11 is 0. The Labute approximate surface area is 244 Å². The fourth-order valence-electron chi connectivity index (χ4n) is 5.38. The molecular formula is C33H46N4O4. The van der Waals surface area contributed by atoms with Crippen LogP contribution in [0, 0.1) is 12.8 Å². The molecule has 2 aromatic carbocycles. The van der Waals surface area contributed by atoms with E-state index in [2.05, 4.69) is 22.0 Å². The summed E-state index contributed by atoms with van der Waals surface area (Å²) in [6.07, 6.45) is 3.24. The van der Waals surface area contributed by atoms with Gasteiger partial charge in [-0.1, -0.05) is 55.0 Å². The van der Waals surface area contributed by atoms with E-state index in [4.69, 9.17) is 4.74 Å². The minimum Gasteiger partial charge on any atom is -0.489 e. The number of carbonyl (C=O) groups is 3. The molecule has 2 aromatic rings. The van der Waals surface area contributed by atoms with Gasteiger partial charge in [0.25, 0.3) is 0 Å². The number of ether oxygens (including phenoxy) is 1. The summed E-state index contributed by atoms with van der Waals surface area (Å²) in [4.78, 5) is 42.4. The Morgan fingerprint density at radius 2 is 1.59 bits per heavy atom. The molecule has 1 aliphatic carbocycles. The molecule has 4 rings (SSSR count). The Morgan fingerprint density at radius 3 is 2.27 bits per heavy atom. The normalized spacial score (nSPS) is 27.9. The van der Waals surface area contributed by atoms with Crippen LogP contribution in [0.25, 0.3) is 0 Å². The number of nitrogens with one attached hydrogen (secondary N) is 3. The summed E-state index contributed by atoms with van der Waals surface area (Å²) in [5.41, 5.74) is 3.16. The fourth-order valence-corrected chi connectivity index (χ4v) is 5.38. The van der Waals surface area contributed by atoms with Crippen LogP contribution in [0.1, 0.15) is 69.6 Å². The van der Waals surface area contributed by atoms with Crippen LogP contribution in [0.5, 0.6) is 5.75 Å². The second kappa shape index (κ2) is 13.5. The molecule has 2 aliphatic rings. The lowest BCUT2D eigenvalue weighted by Crippen LogP contribution is -2.58. The number of benzene rings is 2. The van der Waals surface area contributed by atoms with E-state index in [9.17, 15) is 14.4 Å². The molecule has 1 saturated carbocycles. The molecule has 222 valence electrons. The molecule has 0 bridgehead atoms. The van der Waals surface area contributed by atoms with Crippen LogP contribution in [-0.4, -0.2) is 66.5 Å². The van der Waals surface area contributed by atoms with Crippen molar-refractivity contribution in [2.45, 2.75) is 96.5 Å². The number of rotatable bonds is 3. The first-order chi connectivity index (χ1) is 19.5. The van der Waals surface area contributed by atoms with Gasteiger partial charge in [-0.15, -0.1) is 0 Å². The van der Waals surface area contributed by atoms with Crippen molar-refractivity contribution in [2.24, 2.45) is 5.92 Å². The number of carbonyl (C=O) groups excluding carboxylic acids is 3. The smallest absolute Gasteiger partial charge is 0.243 e. The first-order valence-electron chi connectivity index (χ1n) is 15.0. The number of nitrogens with zero attached hydrogens (tertiary/aromatic N) is 1. The molecule has 3 amide bonds. The first kappa shape index (κ1) is 30.6. The lowest BCUT2D eigenvalue weighted by atomic mass is 9.91. The predicted molar refractivity (Wildman–Crippen MR) is 161 cm³/mol. The summed E-state index contributed by atoms with van der Waals surface area (Å²) in [5, 5.41) is 9.58. The van der Waals surface area contributed by atoms with Crippen molar-refractivity contribution >= 4 is 17.7 Å². The van der Waals surface area contributed by atoms with E-state index in [0.717, 1.165) is 48.1 Å². The highest BCUT2D eigenvalue weighted by molar-refractivity contribution is 5.93.